The van der Waals surface area contributed by atoms with Crippen molar-refractivity contribution in [2.45, 2.75) is 13.3 Å². The molecule has 0 saturated carbocycles. The lowest BCUT2D eigenvalue weighted by atomic mass is 10.1. The molecule has 0 unspecified atom stereocenters. The Bertz CT molecular complexity index is 910. The van der Waals surface area contributed by atoms with Crippen LogP contribution in [0.5, 0.6) is 0 Å². The van der Waals surface area contributed by atoms with Crippen LogP contribution in [-0.4, -0.2) is 16.9 Å². The van der Waals surface area contributed by atoms with E-state index in [0.29, 0.717) is 15.2 Å². The highest BCUT2D eigenvalue weighted by Crippen LogP contribution is 2.29. The first-order valence-electron chi connectivity index (χ1n) is 8.21. The van der Waals surface area contributed by atoms with Crippen LogP contribution < -0.4 is 10.6 Å². The lowest BCUT2D eigenvalue weighted by Gasteiger charge is -2.16. The van der Waals surface area contributed by atoms with E-state index in [1.165, 1.54) is 23.9 Å². The highest BCUT2D eigenvalue weighted by atomic mass is 35.5. The maximum Gasteiger partial charge on any atom is 0.197 e. The number of anilines is 1. The molecule has 0 aliphatic carbocycles. The maximum atomic E-state index is 12.9. The summed E-state index contributed by atoms with van der Waals surface area (Å²) in [6, 6.07) is 11.8. The molecule has 0 atom stereocenters. The normalized spacial score (nSPS) is 15.3. The third-order valence-electron chi connectivity index (χ3n) is 3.66. The van der Waals surface area contributed by atoms with E-state index in [9.17, 15) is 4.39 Å². The zero-order valence-electron chi connectivity index (χ0n) is 14.5. The average Bonchev–Trinajstić information content (AvgIpc) is 2.60. The van der Waals surface area contributed by atoms with Crippen molar-refractivity contribution in [2.24, 2.45) is 9.98 Å². The van der Waals surface area contributed by atoms with E-state index in [1.807, 2.05) is 6.92 Å². The fourth-order valence-electron chi connectivity index (χ4n) is 2.25. The van der Waals surface area contributed by atoms with Crippen LogP contribution in [0.25, 0.3) is 0 Å². The van der Waals surface area contributed by atoms with Crippen molar-refractivity contribution >= 4 is 51.0 Å². The summed E-state index contributed by atoms with van der Waals surface area (Å²) >= 11 is 13.4. The summed E-state index contributed by atoms with van der Waals surface area (Å²) in [7, 11) is 0. The van der Waals surface area contributed by atoms with Gasteiger partial charge in [0.05, 0.1) is 10.7 Å². The first-order valence-corrected chi connectivity index (χ1v) is 9.78. The Hall–Kier alpha value is -2.02. The van der Waals surface area contributed by atoms with Crippen molar-refractivity contribution in [1.82, 2.24) is 5.32 Å². The topological polar surface area (TPSA) is 48.8 Å². The SMILES string of the molecule is C/C(=C\N=C1N=C(Nc2ccc(Cl)cc2Cl)S1)NCCc1ccc(F)cc1. The van der Waals surface area contributed by atoms with E-state index in [1.54, 1.807) is 36.5 Å². The van der Waals surface area contributed by atoms with Crippen molar-refractivity contribution in [2.75, 3.05) is 11.9 Å². The van der Waals surface area contributed by atoms with E-state index in [-0.39, 0.29) is 5.82 Å². The Morgan fingerprint density at radius 3 is 2.67 bits per heavy atom. The standard InChI is InChI=1S/C19H17Cl2FN4S/c1-12(23-9-8-13-2-5-15(22)6-3-13)11-24-18-26-19(27-18)25-17-7-4-14(20)10-16(17)21/h2-7,10-11,23H,8-9H2,1H3,(H,24,25,26)/b12-11+. The second-order valence-corrected chi connectivity index (χ2v) is 7.59. The molecule has 8 heteroatoms. The van der Waals surface area contributed by atoms with Gasteiger partial charge in [0, 0.05) is 23.5 Å². The van der Waals surface area contributed by atoms with Crippen LogP contribution in [0.15, 0.2) is 64.3 Å². The molecule has 0 saturated heterocycles. The quantitative estimate of drug-likeness (QED) is 0.627. The van der Waals surface area contributed by atoms with Crippen LogP contribution in [0, 0.1) is 5.82 Å². The molecule has 2 N–H and O–H groups in total. The molecule has 2 aromatic rings. The average molecular weight is 423 g/mol. The number of rotatable bonds is 6. The number of hydrogen-bond donors (Lipinski definition) is 2. The van der Waals surface area contributed by atoms with Gasteiger partial charge in [-0.05, 0) is 61.0 Å². The van der Waals surface area contributed by atoms with Gasteiger partial charge in [0.15, 0.2) is 10.3 Å². The predicted molar refractivity (Wildman–Crippen MR) is 114 cm³/mol. The lowest BCUT2D eigenvalue weighted by molar-refractivity contribution is 0.626. The van der Waals surface area contributed by atoms with Crippen molar-refractivity contribution in [1.29, 1.82) is 0 Å². The number of aliphatic imine (C=N–C) groups is 2. The number of nitrogens with one attached hydrogen (secondary N) is 2. The second-order valence-electron chi connectivity index (χ2n) is 5.80. The van der Waals surface area contributed by atoms with Crippen molar-refractivity contribution in [3.8, 4) is 0 Å². The molecule has 0 bridgehead atoms. The molecule has 0 spiro atoms. The van der Waals surface area contributed by atoms with Crippen LogP contribution in [0.4, 0.5) is 10.1 Å². The van der Waals surface area contributed by atoms with Gasteiger partial charge in [-0.25, -0.2) is 9.38 Å². The van der Waals surface area contributed by atoms with Gasteiger partial charge in [-0.2, -0.15) is 4.99 Å². The molecule has 1 heterocycles. The molecule has 140 valence electrons. The number of thioether (sulfide) groups is 1. The molecular formula is C19H17Cl2FN4S. The van der Waals surface area contributed by atoms with Gasteiger partial charge < -0.3 is 10.6 Å². The van der Waals surface area contributed by atoms with Crippen molar-refractivity contribution in [3.63, 3.8) is 0 Å². The fraction of sp³-hybridized carbons (Fsp3) is 0.158. The molecule has 0 amide bonds. The molecule has 1 aliphatic rings. The van der Waals surface area contributed by atoms with Crippen molar-refractivity contribution < 1.29 is 4.39 Å². The van der Waals surface area contributed by atoms with Gasteiger partial charge in [0.25, 0.3) is 0 Å². The van der Waals surface area contributed by atoms with Crippen LogP contribution >= 0.6 is 35.0 Å². The van der Waals surface area contributed by atoms with Crippen LogP contribution in [-0.2, 0) is 6.42 Å². The van der Waals surface area contributed by atoms with E-state index in [0.717, 1.165) is 35.1 Å². The minimum absolute atomic E-state index is 0.218. The summed E-state index contributed by atoms with van der Waals surface area (Å²) in [5, 5.41) is 8.92. The van der Waals surface area contributed by atoms with Crippen LogP contribution in [0.1, 0.15) is 12.5 Å². The largest absolute Gasteiger partial charge is 0.387 e. The fourth-order valence-corrected chi connectivity index (χ4v) is 3.28. The zero-order chi connectivity index (χ0) is 19.2. The number of benzene rings is 2. The van der Waals surface area contributed by atoms with Gasteiger partial charge >= 0.3 is 0 Å². The maximum absolute atomic E-state index is 12.9. The number of halogens is 3. The van der Waals surface area contributed by atoms with Crippen molar-refractivity contribution in [3.05, 3.63) is 75.8 Å². The predicted octanol–water partition coefficient (Wildman–Crippen LogP) is 5.70. The Kier molecular flexibility index (Phi) is 6.77. The smallest absolute Gasteiger partial charge is 0.197 e. The van der Waals surface area contributed by atoms with E-state index >= 15 is 0 Å². The molecule has 3 rings (SSSR count). The second kappa shape index (κ2) is 9.26. The number of amidine groups is 2. The van der Waals surface area contributed by atoms with Gasteiger partial charge in [0.2, 0.25) is 0 Å². The number of nitrogens with zero attached hydrogens (tertiary/aromatic N) is 2. The van der Waals surface area contributed by atoms with Gasteiger partial charge in [-0.3, -0.25) is 0 Å². The summed E-state index contributed by atoms with van der Waals surface area (Å²) in [6.07, 6.45) is 2.55. The minimum Gasteiger partial charge on any atom is -0.387 e. The molecule has 1 aliphatic heterocycles. The Morgan fingerprint density at radius 2 is 1.96 bits per heavy atom. The summed E-state index contributed by atoms with van der Waals surface area (Å²) in [4.78, 5) is 8.63. The minimum atomic E-state index is -0.218. The molecule has 0 aromatic heterocycles. The Balaban J connectivity index is 1.45. The van der Waals surface area contributed by atoms with Gasteiger partial charge in [-0.15, -0.1) is 0 Å². The van der Waals surface area contributed by atoms with E-state index in [4.69, 9.17) is 23.2 Å². The molecule has 27 heavy (non-hydrogen) atoms. The molecule has 4 nitrogen and oxygen atoms in total. The summed E-state index contributed by atoms with van der Waals surface area (Å²) < 4.78 is 12.9. The van der Waals surface area contributed by atoms with E-state index < -0.39 is 0 Å². The lowest BCUT2D eigenvalue weighted by Crippen LogP contribution is -2.19. The molecular weight excluding hydrogens is 406 g/mol. The monoisotopic (exact) mass is 422 g/mol. The van der Waals surface area contributed by atoms with Crippen LogP contribution in [0.2, 0.25) is 10.0 Å². The number of hydrogen-bond acceptors (Lipinski definition) is 4. The first kappa shape index (κ1) is 19.7. The number of allylic oxidation sites excluding steroid dienone is 1. The Morgan fingerprint density at radius 1 is 1.22 bits per heavy atom. The summed E-state index contributed by atoms with van der Waals surface area (Å²) in [6.45, 7) is 2.69. The molecule has 0 fully saturated rings. The molecule has 2 aromatic carbocycles. The molecule has 0 radical (unpaired) electrons. The third-order valence-corrected chi connectivity index (χ3v) is 4.97. The highest BCUT2D eigenvalue weighted by Gasteiger charge is 2.18. The Labute approximate surface area is 171 Å². The first-order chi connectivity index (χ1) is 13.0. The summed E-state index contributed by atoms with van der Waals surface area (Å²) in [5.41, 5.74) is 2.77. The van der Waals surface area contributed by atoms with Gasteiger partial charge in [-0.1, -0.05) is 35.3 Å². The van der Waals surface area contributed by atoms with Gasteiger partial charge in [0.1, 0.15) is 5.82 Å². The third kappa shape index (κ3) is 5.99. The van der Waals surface area contributed by atoms with E-state index in [2.05, 4.69) is 20.6 Å². The zero-order valence-corrected chi connectivity index (χ0v) is 16.8. The van der Waals surface area contributed by atoms with Crippen LogP contribution in [0.3, 0.4) is 0 Å². The summed E-state index contributed by atoms with van der Waals surface area (Å²) in [5.74, 6) is -0.218. The highest BCUT2D eigenvalue weighted by molar-refractivity contribution is 8.29.